The summed E-state index contributed by atoms with van der Waals surface area (Å²) in [7, 11) is 1.02. The predicted molar refractivity (Wildman–Crippen MR) is 149 cm³/mol. The third kappa shape index (κ3) is 13.8. The summed E-state index contributed by atoms with van der Waals surface area (Å²) in [6.07, 6.45) is 1.08. The van der Waals surface area contributed by atoms with Gasteiger partial charge in [0, 0.05) is 32.6 Å². The highest BCUT2D eigenvalue weighted by Gasteiger charge is 2.18. The lowest BCUT2D eigenvalue weighted by atomic mass is 9.77. The van der Waals surface area contributed by atoms with E-state index in [4.69, 9.17) is 20.5 Å². The molecule has 0 aliphatic rings. The molecule has 2 aromatic carbocycles. The molecule has 11 heteroatoms. The molecule has 0 amide bonds. The van der Waals surface area contributed by atoms with E-state index in [0.29, 0.717) is 43.4 Å². The quantitative estimate of drug-likeness (QED) is 0.190. The summed E-state index contributed by atoms with van der Waals surface area (Å²) in [5, 5.41) is 37.0. The molecule has 2 aromatic rings. The maximum Gasteiger partial charge on any atom is 0.488 e. The van der Waals surface area contributed by atoms with Gasteiger partial charge in [-0.25, -0.2) is 0 Å². The molecular formula is C26H43B2N3O6. The molecule has 37 heavy (non-hydrogen) atoms. The molecule has 0 aliphatic heterocycles. The van der Waals surface area contributed by atoms with Crippen molar-refractivity contribution in [2.24, 2.45) is 5.73 Å². The van der Waals surface area contributed by atoms with Crippen LogP contribution in [-0.2, 0) is 22.6 Å². The number of carbonyl (C=O) groups is 1. The van der Waals surface area contributed by atoms with Crippen molar-refractivity contribution >= 4 is 31.1 Å². The lowest BCUT2D eigenvalue weighted by Crippen LogP contribution is -2.35. The third-order valence-corrected chi connectivity index (χ3v) is 5.40. The SMILES string of the molecule is CN(CCCC(=O)OC(C)(C)C)Cc1ccccc1B(O)O.CN(CCN)Cc1ccccc1B(O)O. The number of nitrogens with zero attached hydrogens (tertiary/aromatic N) is 2. The van der Waals surface area contributed by atoms with E-state index >= 15 is 0 Å². The van der Waals surface area contributed by atoms with E-state index in [1.54, 1.807) is 24.3 Å². The number of ether oxygens (including phenoxy) is 1. The van der Waals surface area contributed by atoms with E-state index in [9.17, 15) is 14.8 Å². The normalized spacial score (nSPS) is 11.2. The number of nitrogens with two attached hydrogens (primary N) is 1. The van der Waals surface area contributed by atoms with Gasteiger partial charge in [-0.05, 0) is 69.9 Å². The van der Waals surface area contributed by atoms with Crippen molar-refractivity contribution < 1.29 is 29.6 Å². The van der Waals surface area contributed by atoms with Crippen molar-refractivity contribution in [2.75, 3.05) is 33.7 Å². The van der Waals surface area contributed by atoms with Gasteiger partial charge in [0.1, 0.15) is 5.60 Å². The zero-order valence-corrected chi connectivity index (χ0v) is 22.8. The Hall–Kier alpha value is -2.24. The Morgan fingerprint density at radius 1 is 0.838 bits per heavy atom. The van der Waals surface area contributed by atoms with Gasteiger partial charge in [0.2, 0.25) is 0 Å². The molecule has 0 atom stereocenters. The molecule has 0 spiro atoms. The first-order valence-electron chi connectivity index (χ1n) is 12.5. The zero-order chi connectivity index (χ0) is 28.0. The Morgan fingerprint density at radius 3 is 1.68 bits per heavy atom. The summed E-state index contributed by atoms with van der Waals surface area (Å²) < 4.78 is 5.26. The minimum absolute atomic E-state index is 0.188. The number of rotatable bonds is 12. The molecule has 0 fully saturated rings. The van der Waals surface area contributed by atoms with Crippen molar-refractivity contribution in [1.82, 2.24) is 9.80 Å². The van der Waals surface area contributed by atoms with Crippen molar-refractivity contribution in [1.29, 1.82) is 0 Å². The Balaban J connectivity index is 0.000000397. The Kier molecular flexibility index (Phi) is 14.7. The molecule has 0 saturated carbocycles. The van der Waals surface area contributed by atoms with Crippen molar-refractivity contribution in [3.63, 3.8) is 0 Å². The van der Waals surface area contributed by atoms with Crippen molar-refractivity contribution in [3.05, 3.63) is 59.7 Å². The van der Waals surface area contributed by atoms with E-state index in [0.717, 1.165) is 24.2 Å². The summed E-state index contributed by atoms with van der Waals surface area (Å²) in [4.78, 5) is 15.7. The van der Waals surface area contributed by atoms with E-state index in [2.05, 4.69) is 0 Å². The minimum atomic E-state index is -1.47. The molecule has 0 heterocycles. The number of hydrogen-bond acceptors (Lipinski definition) is 9. The summed E-state index contributed by atoms with van der Waals surface area (Å²) in [5.74, 6) is -0.188. The number of benzene rings is 2. The number of likely N-dealkylation sites (N-methyl/N-ethyl adjacent to an activating group) is 1. The summed E-state index contributed by atoms with van der Waals surface area (Å²) >= 11 is 0. The van der Waals surface area contributed by atoms with Gasteiger partial charge in [-0.15, -0.1) is 0 Å². The molecule has 6 N–H and O–H groups in total. The summed E-state index contributed by atoms with van der Waals surface area (Å²) in [6, 6.07) is 14.5. The standard InChI is InChI=1S/C16H26BNO4.C10H17BN2O2/c1-16(2,3)22-15(19)10-7-11-18(4)12-13-8-5-6-9-14(13)17(20)21;1-13(7-6-12)8-9-4-2-3-5-10(9)11(14)15/h5-6,8-9,20-21H,7,10-12H2,1-4H3;2-5,14-15H,6-8,12H2,1H3. The molecule has 0 saturated heterocycles. The van der Waals surface area contributed by atoms with Crippen molar-refractivity contribution in [2.45, 2.75) is 52.3 Å². The van der Waals surface area contributed by atoms with Crippen LogP contribution >= 0.6 is 0 Å². The molecule has 204 valence electrons. The number of carbonyl (C=O) groups excluding carboxylic acids is 1. The van der Waals surface area contributed by atoms with E-state index in [1.165, 1.54) is 0 Å². The van der Waals surface area contributed by atoms with Gasteiger partial charge in [-0.3, -0.25) is 4.79 Å². The number of esters is 1. The van der Waals surface area contributed by atoms with Crippen LogP contribution in [0.2, 0.25) is 0 Å². The highest BCUT2D eigenvalue weighted by atomic mass is 16.6. The molecular weight excluding hydrogens is 472 g/mol. The van der Waals surface area contributed by atoms with Gasteiger partial charge in [0.25, 0.3) is 0 Å². The first-order chi connectivity index (χ1) is 17.3. The fraction of sp³-hybridized carbons (Fsp3) is 0.500. The van der Waals surface area contributed by atoms with Crippen molar-refractivity contribution in [3.8, 4) is 0 Å². The van der Waals surface area contributed by atoms with Gasteiger partial charge < -0.3 is 40.4 Å². The van der Waals surface area contributed by atoms with Crippen LogP contribution in [0, 0.1) is 0 Å². The topological polar surface area (TPSA) is 140 Å². The highest BCUT2D eigenvalue weighted by molar-refractivity contribution is 6.59. The minimum Gasteiger partial charge on any atom is -0.460 e. The maximum atomic E-state index is 11.6. The Labute approximate surface area is 222 Å². The van der Waals surface area contributed by atoms with Crippen LogP contribution in [0.5, 0.6) is 0 Å². The fourth-order valence-corrected chi connectivity index (χ4v) is 3.71. The van der Waals surface area contributed by atoms with Gasteiger partial charge >= 0.3 is 20.2 Å². The average molecular weight is 515 g/mol. The predicted octanol–water partition coefficient (Wildman–Crippen LogP) is -0.323. The smallest absolute Gasteiger partial charge is 0.460 e. The van der Waals surface area contributed by atoms with Gasteiger partial charge in [0.15, 0.2) is 0 Å². The Bertz CT molecular complexity index is 941. The maximum absolute atomic E-state index is 11.6. The van der Waals surface area contributed by atoms with Crippen LogP contribution < -0.4 is 16.7 Å². The van der Waals surface area contributed by atoms with Crippen LogP contribution in [-0.4, -0.2) is 89.4 Å². The third-order valence-electron chi connectivity index (χ3n) is 5.40. The molecule has 0 aromatic heterocycles. The molecule has 0 unspecified atom stereocenters. The molecule has 9 nitrogen and oxygen atoms in total. The molecule has 0 radical (unpaired) electrons. The second-order valence-electron chi connectivity index (χ2n) is 10.1. The summed E-state index contributed by atoms with van der Waals surface area (Å²) in [6.45, 7) is 8.95. The average Bonchev–Trinajstić information content (AvgIpc) is 2.79. The highest BCUT2D eigenvalue weighted by Crippen LogP contribution is 2.10. The fourth-order valence-electron chi connectivity index (χ4n) is 3.71. The lowest BCUT2D eigenvalue weighted by Gasteiger charge is -2.21. The molecule has 0 aliphatic carbocycles. The number of hydrogen-bond donors (Lipinski definition) is 5. The van der Waals surface area contributed by atoms with Crippen LogP contribution in [0.15, 0.2) is 48.5 Å². The Morgan fingerprint density at radius 2 is 1.27 bits per heavy atom. The lowest BCUT2D eigenvalue weighted by molar-refractivity contribution is -0.154. The van der Waals surface area contributed by atoms with Crippen LogP contribution in [0.4, 0.5) is 0 Å². The van der Waals surface area contributed by atoms with Crippen LogP contribution in [0.1, 0.15) is 44.7 Å². The van der Waals surface area contributed by atoms with Gasteiger partial charge in [0.05, 0.1) is 0 Å². The second kappa shape index (κ2) is 16.6. The van der Waals surface area contributed by atoms with E-state index < -0.39 is 19.8 Å². The monoisotopic (exact) mass is 515 g/mol. The first-order valence-corrected chi connectivity index (χ1v) is 12.5. The second-order valence-corrected chi connectivity index (χ2v) is 10.1. The zero-order valence-electron chi connectivity index (χ0n) is 22.8. The molecule has 0 bridgehead atoms. The van der Waals surface area contributed by atoms with Crippen LogP contribution in [0.3, 0.4) is 0 Å². The first kappa shape index (κ1) is 32.8. The largest absolute Gasteiger partial charge is 0.488 e. The summed E-state index contributed by atoms with van der Waals surface area (Å²) in [5.41, 5.74) is 7.86. The van der Waals surface area contributed by atoms with E-state index in [-0.39, 0.29) is 5.97 Å². The van der Waals surface area contributed by atoms with Gasteiger partial charge in [-0.2, -0.15) is 0 Å². The van der Waals surface area contributed by atoms with Crippen LogP contribution in [0.25, 0.3) is 0 Å². The van der Waals surface area contributed by atoms with E-state index in [1.807, 2.05) is 68.9 Å². The molecule has 2 rings (SSSR count). The van der Waals surface area contributed by atoms with Gasteiger partial charge in [-0.1, -0.05) is 48.5 Å².